The van der Waals surface area contributed by atoms with Gasteiger partial charge in [0.05, 0.1) is 4.88 Å². The van der Waals surface area contributed by atoms with Gasteiger partial charge in [0.1, 0.15) is 5.82 Å². The highest BCUT2D eigenvalue weighted by atomic mass is 32.1. The van der Waals surface area contributed by atoms with Crippen molar-refractivity contribution in [2.24, 2.45) is 5.92 Å². The van der Waals surface area contributed by atoms with E-state index in [-0.39, 0.29) is 23.3 Å². The Kier molecular flexibility index (Phi) is 6.27. The summed E-state index contributed by atoms with van der Waals surface area (Å²) in [4.78, 5) is 46.9. The van der Waals surface area contributed by atoms with E-state index in [1.165, 1.54) is 17.4 Å². The zero-order valence-corrected chi connectivity index (χ0v) is 18.1. The van der Waals surface area contributed by atoms with Crippen LogP contribution in [0.15, 0.2) is 52.6 Å². The van der Waals surface area contributed by atoms with Gasteiger partial charge in [0, 0.05) is 42.0 Å². The molecule has 0 bridgehead atoms. The third kappa shape index (κ3) is 4.91. The van der Waals surface area contributed by atoms with Crippen LogP contribution in [0.1, 0.15) is 35.1 Å². The van der Waals surface area contributed by atoms with Crippen molar-refractivity contribution in [2.45, 2.75) is 26.2 Å². The Hall–Kier alpha value is -3.26. The van der Waals surface area contributed by atoms with Crippen molar-refractivity contribution >= 4 is 28.8 Å². The fourth-order valence-corrected chi connectivity index (χ4v) is 4.41. The molecule has 4 rings (SSSR count). The van der Waals surface area contributed by atoms with Crippen molar-refractivity contribution < 1.29 is 9.59 Å². The van der Waals surface area contributed by atoms with Crippen molar-refractivity contribution in [3.8, 4) is 11.4 Å². The lowest BCUT2D eigenvalue weighted by atomic mass is 9.95. The maximum absolute atomic E-state index is 12.8. The third-order valence-corrected chi connectivity index (χ3v) is 6.30. The largest absolute Gasteiger partial charge is 0.338 e. The van der Waals surface area contributed by atoms with Gasteiger partial charge in [-0.3, -0.25) is 14.4 Å². The first-order valence-electron chi connectivity index (χ1n) is 10.4. The van der Waals surface area contributed by atoms with E-state index in [2.05, 4.69) is 15.3 Å². The number of aryl methyl sites for hydroxylation is 1. The number of aromatic nitrogens is 2. The molecule has 8 heteroatoms. The number of benzene rings is 1. The number of hydrogen-bond donors (Lipinski definition) is 2. The van der Waals surface area contributed by atoms with Crippen LogP contribution in [0.3, 0.4) is 0 Å². The van der Waals surface area contributed by atoms with E-state index in [1.54, 1.807) is 0 Å². The molecule has 2 aromatic heterocycles. The standard InChI is InChI=1S/C23H24N4O3S/c1-2-17-14-20(28)26-21(24-17)16-5-3-6-18(13-16)25-22(29)15-8-10-27(11-9-15)23(30)19-7-4-12-31-19/h3-7,12-15H,2,8-11H2,1H3,(H,25,29)(H,24,26,28). The smallest absolute Gasteiger partial charge is 0.263 e. The first-order chi connectivity index (χ1) is 15.0. The molecule has 0 saturated carbocycles. The average molecular weight is 437 g/mol. The summed E-state index contributed by atoms with van der Waals surface area (Å²) < 4.78 is 0. The molecule has 0 atom stereocenters. The predicted octanol–water partition coefficient (Wildman–Crippen LogP) is 3.55. The van der Waals surface area contributed by atoms with E-state index >= 15 is 0 Å². The maximum atomic E-state index is 12.8. The fourth-order valence-electron chi connectivity index (χ4n) is 3.72. The molecule has 31 heavy (non-hydrogen) atoms. The van der Waals surface area contributed by atoms with E-state index in [0.29, 0.717) is 43.9 Å². The molecule has 160 valence electrons. The van der Waals surface area contributed by atoms with Gasteiger partial charge in [0.25, 0.3) is 11.5 Å². The molecule has 7 nitrogen and oxygen atoms in total. The predicted molar refractivity (Wildman–Crippen MR) is 121 cm³/mol. The van der Waals surface area contributed by atoms with Crippen LogP contribution < -0.4 is 10.9 Å². The van der Waals surface area contributed by atoms with E-state index in [9.17, 15) is 14.4 Å². The first-order valence-corrected chi connectivity index (χ1v) is 11.3. The summed E-state index contributed by atoms with van der Waals surface area (Å²) in [6.45, 7) is 3.09. The number of thiophene rings is 1. The highest BCUT2D eigenvalue weighted by molar-refractivity contribution is 7.12. The molecule has 3 aromatic rings. The molecule has 2 amide bonds. The zero-order chi connectivity index (χ0) is 21.8. The van der Waals surface area contributed by atoms with Gasteiger partial charge >= 0.3 is 0 Å². The molecular formula is C23H24N4O3S. The van der Waals surface area contributed by atoms with Crippen molar-refractivity contribution in [3.63, 3.8) is 0 Å². The van der Waals surface area contributed by atoms with Crippen molar-refractivity contribution in [3.05, 3.63) is 68.8 Å². The van der Waals surface area contributed by atoms with Gasteiger partial charge in [0.15, 0.2) is 0 Å². The Morgan fingerprint density at radius 1 is 1.19 bits per heavy atom. The molecule has 1 aromatic carbocycles. The summed E-state index contributed by atoms with van der Waals surface area (Å²) in [5, 5.41) is 4.87. The van der Waals surface area contributed by atoms with Crippen LogP contribution in [0.2, 0.25) is 0 Å². The van der Waals surface area contributed by atoms with Crippen LogP contribution in [-0.4, -0.2) is 39.8 Å². The van der Waals surface area contributed by atoms with E-state index in [4.69, 9.17) is 0 Å². The molecule has 0 radical (unpaired) electrons. The lowest BCUT2D eigenvalue weighted by molar-refractivity contribution is -0.121. The van der Waals surface area contributed by atoms with Gasteiger partial charge in [-0.25, -0.2) is 4.98 Å². The summed E-state index contributed by atoms with van der Waals surface area (Å²) in [7, 11) is 0. The SMILES string of the molecule is CCc1cc(=O)[nH]c(-c2cccc(NC(=O)C3CCN(C(=O)c4cccs4)CC3)c2)n1. The van der Waals surface area contributed by atoms with Gasteiger partial charge in [0.2, 0.25) is 5.91 Å². The average Bonchev–Trinajstić information content (AvgIpc) is 3.33. The Balaban J connectivity index is 1.39. The molecule has 0 unspecified atom stereocenters. The number of anilines is 1. The molecule has 0 spiro atoms. The first kappa shape index (κ1) is 21.0. The number of hydrogen-bond acceptors (Lipinski definition) is 5. The van der Waals surface area contributed by atoms with Gasteiger partial charge in [-0.1, -0.05) is 25.1 Å². The van der Waals surface area contributed by atoms with E-state index in [1.807, 2.05) is 53.6 Å². The Labute approximate surface area is 184 Å². The minimum Gasteiger partial charge on any atom is -0.338 e. The summed E-state index contributed by atoms with van der Waals surface area (Å²) in [6.07, 6.45) is 1.94. The van der Waals surface area contributed by atoms with Gasteiger partial charge in [-0.2, -0.15) is 0 Å². The maximum Gasteiger partial charge on any atom is 0.263 e. The summed E-state index contributed by atoms with van der Waals surface area (Å²) in [5.41, 5.74) is 1.92. The third-order valence-electron chi connectivity index (χ3n) is 5.45. The lowest BCUT2D eigenvalue weighted by Crippen LogP contribution is -2.41. The Morgan fingerprint density at radius 2 is 2.00 bits per heavy atom. The number of carbonyl (C=O) groups is 2. The minimum atomic E-state index is -0.194. The van der Waals surface area contributed by atoms with Crippen LogP contribution in [0, 0.1) is 5.92 Å². The summed E-state index contributed by atoms with van der Waals surface area (Å²) in [6, 6.07) is 12.5. The van der Waals surface area contributed by atoms with Crippen LogP contribution in [-0.2, 0) is 11.2 Å². The van der Waals surface area contributed by atoms with Crippen LogP contribution >= 0.6 is 11.3 Å². The monoisotopic (exact) mass is 436 g/mol. The Bertz CT molecular complexity index is 1130. The number of nitrogens with one attached hydrogen (secondary N) is 2. The molecule has 2 N–H and O–H groups in total. The summed E-state index contributed by atoms with van der Waals surface area (Å²) in [5.74, 6) is 0.333. The zero-order valence-electron chi connectivity index (χ0n) is 17.3. The molecule has 1 aliphatic rings. The normalized spacial score (nSPS) is 14.4. The molecule has 1 aliphatic heterocycles. The topological polar surface area (TPSA) is 95.2 Å². The second kappa shape index (κ2) is 9.26. The van der Waals surface area contributed by atoms with Crippen molar-refractivity contribution in [1.29, 1.82) is 0 Å². The minimum absolute atomic E-state index is 0.0392. The van der Waals surface area contributed by atoms with Crippen molar-refractivity contribution in [2.75, 3.05) is 18.4 Å². The fraction of sp³-hybridized carbons (Fsp3) is 0.304. The van der Waals surface area contributed by atoms with Gasteiger partial charge < -0.3 is 15.2 Å². The number of likely N-dealkylation sites (tertiary alicyclic amines) is 1. The molecule has 3 heterocycles. The number of rotatable bonds is 5. The van der Waals surface area contributed by atoms with E-state index < -0.39 is 0 Å². The van der Waals surface area contributed by atoms with Gasteiger partial charge in [-0.15, -0.1) is 11.3 Å². The number of nitrogens with zero attached hydrogens (tertiary/aromatic N) is 2. The van der Waals surface area contributed by atoms with Crippen LogP contribution in [0.25, 0.3) is 11.4 Å². The number of aromatic amines is 1. The Morgan fingerprint density at radius 3 is 2.71 bits per heavy atom. The van der Waals surface area contributed by atoms with Crippen molar-refractivity contribution in [1.82, 2.24) is 14.9 Å². The second-order valence-corrected chi connectivity index (χ2v) is 8.50. The highest BCUT2D eigenvalue weighted by Gasteiger charge is 2.28. The van der Waals surface area contributed by atoms with Gasteiger partial charge in [-0.05, 0) is 42.8 Å². The molecular weight excluding hydrogens is 412 g/mol. The quantitative estimate of drug-likeness (QED) is 0.639. The summed E-state index contributed by atoms with van der Waals surface area (Å²) >= 11 is 1.44. The highest BCUT2D eigenvalue weighted by Crippen LogP contribution is 2.24. The number of carbonyl (C=O) groups excluding carboxylic acids is 2. The molecule has 0 aliphatic carbocycles. The number of piperidine rings is 1. The van der Waals surface area contributed by atoms with E-state index in [0.717, 1.165) is 16.1 Å². The molecule has 1 fully saturated rings. The second-order valence-electron chi connectivity index (χ2n) is 7.55. The number of amides is 2. The van der Waals surface area contributed by atoms with Crippen LogP contribution in [0.5, 0.6) is 0 Å². The van der Waals surface area contributed by atoms with Crippen LogP contribution in [0.4, 0.5) is 5.69 Å². The molecule has 1 saturated heterocycles. The lowest BCUT2D eigenvalue weighted by Gasteiger charge is -2.31. The number of H-pyrrole nitrogens is 1.